The predicted octanol–water partition coefficient (Wildman–Crippen LogP) is 1.52. The van der Waals surface area contributed by atoms with Gasteiger partial charge in [-0.05, 0) is 17.7 Å². The molecule has 6 nitrogen and oxygen atoms in total. The smallest absolute Gasteiger partial charge is 0.268 e. The number of anilines is 1. The van der Waals surface area contributed by atoms with Gasteiger partial charge in [0.05, 0.1) is 7.11 Å². The summed E-state index contributed by atoms with van der Waals surface area (Å²) in [7, 11) is 1.31. The fraction of sp³-hybridized carbons (Fsp3) is 0.0714. The summed E-state index contributed by atoms with van der Waals surface area (Å²) in [5, 5.41) is 18.3. The van der Waals surface area contributed by atoms with E-state index in [1.807, 2.05) is 6.07 Å². The third-order valence-electron chi connectivity index (χ3n) is 2.91. The number of hydrogen-bond acceptors (Lipinski definition) is 5. The third-order valence-corrected chi connectivity index (χ3v) is 2.91. The van der Waals surface area contributed by atoms with Gasteiger partial charge in [-0.25, -0.2) is 4.39 Å². The normalized spacial score (nSPS) is 9.71. The molecule has 3 N–H and O–H groups in total. The van der Waals surface area contributed by atoms with Crippen LogP contribution in [0, 0.1) is 28.5 Å². The summed E-state index contributed by atoms with van der Waals surface area (Å²) < 4.78 is 18.6. The highest BCUT2D eigenvalue weighted by Crippen LogP contribution is 2.30. The number of nitrogen functional groups attached to an aromatic ring is 1. The van der Waals surface area contributed by atoms with Crippen molar-refractivity contribution in [3.05, 3.63) is 45.5 Å². The SMILES string of the molecule is COc1ccc(-c2c(C#N)c(N)[nH]c(=O)c2C#N)cc1F. The number of pyridine rings is 1. The van der Waals surface area contributed by atoms with Crippen LogP contribution in [-0.4, -0.2) is 12.1 Å². The van der Waals surface area contributed by atoms with E-state index < -0.39 is 11.4 Å². The number of hydrogen-bond donors (Lipinski definition) is 2. The van der Waals surface area contributed by atoms with Crippen molar-refractivity contribution in [2.24, 2.45) is 0 Å². The maximum Gasteiger partial charge on any atom is 0.268 e. The lowest BCUT2D eigenvalue weighted by Crippen LogP contribution is -2.16. The summed E-state index contributed by atoms with van der Waals surface area (Å²) in [6.45, 7) is 0. The van der Waals surface area contributed by atoms with Crippen molar-refractivity contribution in [2.75, 3.05) is 12.8 Å². The molecule has 0 unspecified atom stereocenters. The van der Waals surface area contributed by atoms with E-state index in [1.165, 1.54) is 19.2 Å². The van der Waals surface area contributed by atoms with E-state index in [9.17, 15) is 9.18 Å². The lowest BCUT2D eigenvalue weighted by molar-refractivity contribution is 0.386. The maximum absolute atomic E-state index is 13.8. The third kappa shape index (κ3) is 2.28. The molecular weight excluding hydrogens is 275 g/mol. The van der Waals surface area contributed by atoms with Crippen molar-refractivity contribution < 1.29 is 9.13 Å². The minimum atomic E-state index is -0.736. The van der Waals surface area contributed by atoms with Crippen LogP contribution in [-0.2, 0) is 0 Å². The van der Waals surface area contributed by atoms with E-state index in [-0.39, 0.29) is 33.8 Å². The Morgan fingerprint density at radius 1 is 1.29 bits per heavy atom. The summed E-state index contributed by atoms with van der Waals surface area (Å²) in [4.78, 5) is 14.0. The van der Waals surface area contributed by atoms with Crippen molar-refractivity contribution in [1.82, 2.24) is 4.98 Å². The Kier molecular flexibility index (Phi) is 3.59. The topological polar surface area (TPSA) is 116 Å². The molecule has 0 fully saturated rings. The van der Waals surface area contributed by atoms with Gasteiger partial charge in [0, 0.05) is 5.56 Å². The van der Waals surface area contributed by atoms with Gasteiger partial charge in [-0.3, -0.25) is 4.79 Å². The van der Waals surface area contributed by atoms with Crippen molar-refractivity contribution in [1.29, 1.82) is 10.5 Å². The van der Waals surface area contributed by atoms with E-state index in [2.05, 4.69) is 4.98 Å². The number of ether oxygens (including phenoxy) is 1. The van der Waals surface area contributed by atoms with Crippen molar-refractivity contribution in [3.63, 3.8) is 0 Å². The molecule has 21 heavy (non-hydrogen) atoms. The standard InChI is InChI=1S/C14H9FN4O2/c1-21-11-3-2-7(4-10(11)15)12-8(5-16)13(18)19-14(20)9(12)6-17/h2-4H,1H3,(H3,18,19,20). The van der Waals surface area contributed by atoms with Gasteiger partial charge in [-0.2, -0.15) is 10.5 Å². The number of aromatic nitrogens is 1. The fourth-order valence-electron chi connectivity index (χ4n) is 1.95. The summed E-state index contributed by atoms with van der Waals surface area (Å²) in [6, 6.07) is 7.38. The number of H-pyrrole nitrogens is 1. The summed E-state index contributed by atoms with van der Waals surface area (Å²) in [5.74, 6) is -0.845. The minimum absolute atomic E-state index is 0.00260. The highest BCUT2D eigenvalue weighted by atomic mass is 19.1. The predicted molar refractivity (Wildman–Crippen MR) is 72.9 cm³/mol. The average Bonchev–Trinajstić information content (AvgIpc) is 2.46. The zero-order valence-electron chi connectivity index (χ0n) is 10.9. The van der Waals surface area contributed by atoms with Crippen LogP contribution in [0.5, 0.6) is 5.75 Å². The van der Waals surface area contributed by atoms with Gasteiger partial charge in [0.2, 0.25) is 0 Å². The van der Waals surface area contributed by atoms with E-state index in [4.69, 9.17) is 21.0 Å². The molecule has 0 saturated carbocycles. The van der Waals surface area contributed by atoms with Gasteiger partial charge < -0.3 is 15.5 Å². The van der Waals surface area contributed by atoms with E-state index in [1.54, 1.807) is 6.07 Å². The van der Waals surface area contributed by atoms with Crippen molar-refractivity contribution in [2.45, 2.75) is 0 Å². The first-order chi connectivity index (χ1) is 10.0. The van der Waals surface area contributed by atoms with Crippen LogP contribution in [0.3, 0.4) is 0 Å². The van der Waals surface area contributed by atoms with Gasteiger partial charge in [0.1, 0.15) is 29.1 Å². The first kappa shape index (κ1) is 14.1. The monoisotopic (exact) mass is 284 g/mol. The van der Waals surface area contributed by atoms with Gasteiger partial charge in [0.25, 0.3) is 5.56 Å². The molecule has 0 radical (unpaired) electrons. The zero-order valence-corrected chi connectivity index (χ0v) is 10.9. The van der Waals surface area contributed by atoms with Gasteiger partial charge in [0.15, 0.2) is 11.6 Å². The number of halogens is 1. The zero-order chi connectivity index (χ0) is 15.6. The summed E-state index contributed by atoms with van der Waals surface area (Å²) in [5.41, 5.74) is 4.65. The van der Waals surface area contributed by atoms with Crippen LogP contribution >= 0.6 is 0 Å². The number of nitriles is 2. The molecule has 0 aliphatic heterocycles. The van der Waals surface area contributed by atoms with Crippen LogP contribution in [0.25, 0.3) is 11.1 Å². The Labute approximate surface area is 118 Å². The van der Waals surface area contributed by atoms with Crippen LogP contribution in [0.15, 0.2) is 23.0 Å². The number of rotatable bonds is 2. The largest absolute Gasteiger partial charge is 0.494 e. The van der Waals surface area contributed by atoms with Crippen LogP contribution in [0.4, 0.5) is 10.2 Å². The molecule has 2 aromatic rings. The maximum atomic E-state index is 13.8. The molecule has 0 atom stereocenters. The summed E-state index contributed by atoms with van der Waals surface area (Å²) in [6.07, 6.45) is 0. The number of nitrogens with one attached hydrogen (secondary N) is 1. The van der Waals surface area contributed by atoms with Gasteiger partial charge in [-0.15, -0.1) is 0 Å². The number of aromatic amines is 1. The Morgan fingerprint density at radius 3 is 2.48 bits per heavy atom. The minimum Gasteiger partial charge on any atom is -0.494 e. The van der Waals surface area contributed by atoms with Crippen LogP contribution < -0.4 is 16.0 Å². The molecule has 7 heteroatoms. The van der Waals surface area contributed by atoms with Crippen molar-refractivity contribution >= 4 is 5.82 Å². The second-order valence-electron chi connectivity index (χ2n) is 4.07. The quantitative estimate of drug-likeness (QED) is 0.867. The molecule has 0 aliphatic carbocycles. The summed E-state index contributed by atoms with van der Waals surface area (Å²) >= 11 is 0. The number of nitrogens with zero attached hydrogens (tertiary/aromatic N) is 2. The Hall–Kier alpha value is -3.32. The van der Waals surface area contributed by atoms with E-state index in [0.717, 1.165) is 6.07 Å². The molecule has 0 saturated heterocycles. The second kappa shape index (κ2) is 5.35. The Morgan fingerprint density at radius 2 is 1.95 bits per heavy atom. The fourth-order valence-corrected chi connectivity index (χ4v) is 1.95. The first-order valence-electron chi connectivity index (χ1n) is 5.73. The highest BCUT2D eigenvalue weighted by Gasteiger charge is 2.19. The lowest BCUT2D eigenvalue weighted by Gasteiger charge is -2.10. The van der Waals surface area contributed by atoms with Crippen LogP contribution in [0.1, 0.15) is 11.1 Å². The molecule has 104 valence electrons. The van der Waals surface area contributed by atoms with E-state index >= 15 is 0 Å². The lowest BCUT2D eigenvalue weighted by atomic mass is 9.96. The molecule has 0 amide bonds. The number of nitrogens with two attached hydrogens (primary N) is 1. The van der Waals surface area contributed by atoms with Crippen molar-refractivity contribution in [3.8, 4) is 29.0 Å². The van der Waals surface area contributed by atoms with E-state index in [0.29, 0.717) is 0 Å². The molecule has 0 spiro atoms. The van der Waals surface area contributed by atoms with Gasteiger partial charge in [-0.1, -0.05) is 6.07 Å². The molecule has 2 rings (SSSR count). The molecule has 1 aromatic heterocycles. The second-order valence-corrected chi connectivity index (χ2v) is 4.07. The first-order valence-corrected chi connectivity index (χ1v) is 5.73. The molecule has 1 aromatic carbocycles. The molecular formula is C14H9FN4O2. The van der Waals surface area contributed by atoms with Gasteiger partial charge >= 0.3 is 0 Å². The Balaban J connectivity index is 2.86. The highest BCUT2D eigenvalue weighted by molar-refractivity contribution is 5.80. The Bertz CT molecular complexity index is 859. The average molecular weight is 284 g/mol. The molecule has 0 bridgehead atoms. The molecule has 1 heterocycles. The number of benzene rings is 1. The number of methoxy groups -OCH3 is 1. The molecule has 0 aliphatic rings. The van der Waals surface area contributed by atoms with Crippen LogP contribution in [0.2, 0.25) is 0 Å².